The zero-order chi connectivity index (χ0) is 19.5. The van der Waals surface area contributed by atoms with Crippen molar-refractivity contribution in [1.29, 1.82) is 0 Å². The van der Waals surface area contributed by atoms with Crippen molar-refractivity contribution in [2.75, 3.05) is 44.3 Å². The quantitative estimate of drug-likeness (QED) is 0.781. The molecule has 28 heavy (non-hydrogen) atoms. The van der Waals surface area contributed by atoms with Crippen LogP contribution in [0.1, 0.15) is 36.2 Å². The molecule has 2 aliphatic heterocycles. The minimum Gasteiger partial charge on any atom is -0.378 e. The lowest BCUT2D eigenvalue weighted by atomic mass is 10.1. The number of anilines is 1. The summed E-state index contributed by atoms with van der Waals surface area (Å²) in [5.41, 5.74) is 3.12. The number of ether oxygens (including phenoxy) is 1. The first kappa shape index (κ1) is 18.9. The van der Waals surface area contributed by atoms with Gasteiger partial charge in [0, 0.05) is 44.4 Å². The molecule has 1 amide bonds. The summed E-state index contributed by atoms with van der Waals surface area (Å²) in [5.74, 6) is 1.93. The van der Waals surface area contributed by atoms with Crippen molar-refractivity contribution in [3.8, 4) is 5.82 Å². The summed E-state index contributed by atoms with van der Waals surface area (Å²) < 4.78 is 7.21. The summed E-state index contributed by atoms with van der Waals surface area (Å²) >= 11 is 0. The Morgan fingerprint density at radius 2 is 1.79 bits per heavy atom. The van der Waals surface area contributed by atoms with E-state index < -0.39 is 0 Å². The summed E-state index contributed by atoms with van der Waals surface area (Å²) in [4.78, 5) is 25.5. The minimum absolute atomic E-state index is 0.188. The number of morpholine rings is 1. The Bertz CT molecular complexity index is 837. The number of aromatic nitrogens is 4. The maximum Gasteiger partial charge on any atom is 0.223 e. The summed E-state index contributed by atoms with van der Waals surface area (Å²) in [7, 11) is 0. The van der Waals surface area contributed by atoms with Gasteiger partial charge in [-0.1, -0.05) is 0 Å². The molecule has 2 aromatic rings. The SMILES string of the molecule is Cc1nn(-c2cc(N3CCCC3)ncn2)c(C)c1CCC(=O)N1CCOCC1. The molecule has 2 saturated heterocycles. The number of amides is 1. The molecular weight excluding hydrogens is 356 g/mol. The fourth-order valence-corrected chi connectivity index (χ4v) is 4.03. The molecule has 0 radical (unpaired) electrons. The van der Waals surface area contributed by atoms with Crippen molar-refractivity contribution in [2.45, 2.75) is 39.5 Å². The van der Waals surface area contributed by atoms with Gasteiger partial charge in [0.15, 0.2) is 5.82 Å². The molecule has 150 valence electrons. The van der Waals surface area contributed by atoms with Gasteiger partial charge in [0.25, 0.3) is 0 Å². The molecule has 0 unspecified atom stereocenters. The van der Waals surface area contributed by atoms with Crippen LogP contribution in [-0.4, -0.2) is 69.9 Å². The van der Waals surface area contributed by atoms with Crippen LogP contribution >= 0.6 is 0 Å². The van der Waals surface area contributed by atoms with Crippen LogP contribution in [0.15, 0.2) is 12.4 Å². The number of hydrogen-bond donors (Lipinski definition) is 0. The number of carbonyl (C=O) groups is 1. The smallest absolute Gasteiger partial charge is 0.223 e. The minimum atomic E-state index is 0.188. The van der Waals surface area contributed by atoms with Crippen molar-refractivity contribution < 1.29 is 9.53 Å². The lowest BCUT2D eigenvalue weighted by Gasteiger charge is -2.26. The predicted octanol–water partition coefficient (Wildman–Crippen LogP) is 1.67. The Morgan fingerprint density at radius 1 is 1.07 bits per heavy atom. The van der Waals surface area contributed by atoms with Crippen LogP contribution in [0.2, 0.25) is 0 Å². The van der Waals surface area contributed by atoms with Gasteiger partial charge in [-0.05, 0) is 38.7 Å². The molecule has 0 spiro atoms. The monoisotopic (exact) mass is 384 g/mol. The van der Waals surface area contributed by atoms with Crippen LogP contribution in [0.5, 0.6) is 0 Å². The van der Waals surface area contributed by atoms with E-state index in [1.165, 1.54) is 12.8 Å². The highest BCUT2D eigenvalue weighted by Crippen LogP contribution is 2.22. The van der Waals surface area contributed by atoms with Gasteiger partial charge < -0.3 is 14.5 Å². The Hall–Kier alpha value is -2.48. The van der Waals surface area contributed by atoms with Crippen molar-refractivity contribution in [3.63, 3.8) is 0 Å². The molecule has 0 N–H and O–H groups in total. The first-order valence-corrected chi connectivity index (χ1v) is 10.1. The van der Waals surface area contributed by atoms with Gasteiger partial charge in [0.2, 0.25) is 5.91 Å². The average molecular weight is 384 g/mol. The third-order valence-corrected chi connectivity index (χ3v) is 5.68. The van der Waals surface area contributed by atoms with Crippen molar-refractivity contribution >= 4 is 11.7 Å². The molecule has 2 aliphatic rings. The number of carbonyl (C=O) groups excluding carboxylic acids is 1. The van der Waals surface area contributed by atoms with E-state index >= 15 is 0 Å². The molecular formula is C20H28N6O2. The van der Waals surface area contributed by atoms with Crippen LogP contribution in [0.4, 0.5) is 5.82 Å². The highest BCUT2D eigenvalue weighted by molar-refractivity contribution is 5.76. The van der Waals surface area contributed by atoms with E-state index in [-0.39, 0.29) is 5.91 Å². The number of nitrogens with zero attached hydrogens (tertiary/aromatic N) is 6. The molecule has 2 fully saturated rings. The lowest BCUT2D eigenvalue weighted by Crippen LogP contribution is -2.40. The van der Waals surface area contributed by atoms with Gasteiger partial charge in [-0.25, -0.2) is 14.6 Å². The van der Waals surface area contributed by atoms with Crippen LogP contribution < -0.4 is 4.90 Å². The van der Waals surface area contributed by atoms with Gasteiger partial charge in [0.05, 0.1) is 18.9 Å². The van der Waals surface area contributed by atoms with Crippen molar-refractivity contribution in [2.24, 2.45) is 0 Å². The van der Waals surface area contributed by atoms with Gasteiger partial charge in [-0.15, -0.1) is 0 Å². The second-order valence-corrected chi connectivity index (χ2v) is 7.48. The maximum absolute atomic E-state index is 12.5. The number of hydrogen-bond acceptors (Lipinski definition) is 6. The van der Waals surface area contributed by atoms with Crippen LogP contribution in [0.25, 0.3) is 5.82 Å². The fraction of sp³-hybridized carbons (Fsp3) is 0.600. The molecule has 0 bridgehead atoms. The summed E-state index contributed by atoms with van der Waals surface area (Å²) in [6.45, 7) is 8.79. The Labute approximate surface area is 165 Å². The summed E-state index contributed by atoms with van der Waals surface area (Å²) in [6.07, 6.45) is 5.22. The average Bonchev–Trinajstić information content (AvgIpc) is 3.36. The van der Waals surface area contributed by atoms with E-state index in [1.807, 2.05) is 29.5 Å². The molecule has 2 aromatic heterocycles. The van der Waals surface area contributed by atoms with Crippen LogP contribution in [0.3, 0.4) is 0 Å². The van der Waals surface area contributed by atoms with Crippen LogP contribution in [-0.2, 0) is 16.0 Å². The highest BCUT2D eigenvalue weighted by Gasteiger charge is 2.20. The molecule has 8 heteroatoms. The largest absolute Gasteiger partial charge is 0.378 e. The fourth-order valence-electron chi connectivity index (χ4n) is 4.03. The Balaban J connectivity index is 1.49. The van der Waals surface area contributed by atoms with Gasteiger partial charge in [-0.2, -0.15) is 5.10 Å². The second kappa shape index (κ2) is 8.26. The molecule has 4 rings (SSSR count). The third-order valence-electron chi connectivity index (χ3n) is 5.68. The van der Waals surface area contributed by atoms with E-state index in [4.69, 9.17) is 9.84 Å². The normalized spacial score (nSPS) is 17.4. The zero-order valence-corrected chi connectivity index (χ0v) is 16.7. The first-order valence-electron chi connectivity index (χ1n) is 10.1. The summed E-state index contributed by atoms with van der Waals surface area (Å²) in [6, 6.07) is 2.01. The topological polar surface area (TPSA) is 76.4 Å². The zero-order valence-electron chi connectivity index (χ0n) is 16.7. The first-order chi connectivity index (χ1) is 13.6. The number of aryl methyl sites for hydroxylation is 1. The van der Waals surface area contributed by atoms with E-state index in [0.29, 0.717) is 39.1 Å². The van der Waals surface area contributed by atoms with Crippen molar-refractivity contribution in [3.05, 3.63) is 29.3 Å². The second-order valence-electron chi connectivity index (χ2n) is 7.48. The third kappa shape index (κ3) is 3.87. The molecule has 8 nitrogen and oxygen atoms in total. The van der Waals surface area contributed by atoms with Gasteiger partial charge >= 0.3 is 0 Å². The lowest BCUT2D eigenvalue weighted by molar-refractivity contribution is -0.135. The van der Waals surface area contributed by atoms with Gasteiger partial charge in [0.1, 0.15) is 12.1 Å². The highest BCUT2D eigenvalue weighted by atomic mass is 16.5. The predicted molar refractivity (Wildman–Crippen MR) is 106 cm³/mol. The molecule has 0 aliphatic carbocycles. The molecule has 0 saturated carbocycles. The van der Waals surface area contributed by atoms with E-state index in [1.54, 1.807) is 6.33 Å². The molecule has 4 heterocycles. The van der Waals surface area contributed by atoms with Crippen LogP contribution in [0, 0.1) is 13.8 Å². The van der Waals surface area contributed by atoms with Gasteiger partial charge in [-0.3, -0.25) is 4.79 Å². The maximum atomic E-state index is 12.5. The Morgan fingerprint density at radius 3 is 2.54 bits per heavy atom. The number of rotatable bonds is 5. The van der Waals surface area contributed by atoms with Crippen molar-refractivity contribution in [1.82, 2.24) is 24.6 Å². The van der Waals surface area contributed by atoms with E-state index in [9.17, 15) is 4.79 Å². The standard InChI is InChI=1S/C20H28N6O2/c1-15-17(5-6-20(27)25-9-11-28-12-10-25)16(2)26(23-15)19-13-18(21-14-22-19)24-7-3-4-8-24/h13-14H,3-12H2,1-2H3. The van der Waals surface area contributed by atoms with E-state index in [2.05, 4.69) is 14.9 Å². The molecule has 0 aromatic carbocycles. The Kier molecular flexibility index (Phi) is 5.57. The molecule has 0 atom stereocenters. The van der Waals surface area contributed by atoms with E-state index in [0.717, 1.165) is 41.7 Å². The summed E-state index contributed by atoms with van der Waals surface area (Å²) in [5, 5.41) is 4.70.